The highest BCUT2D eigenvalue weighted by Crippen LogP contribution is 2.26. The molecule has 1 unspecified atom stereocenters. The van der Waals surface area contributed by atoms with Crippen LogP contribution >= 0.6 is 11.6 Å². The van der Waals surface area contributed by atoms with Crippen molar-refractivity contribution < 1.29 is 18.3 Å². The summed E-state index contributed by atoms with van der Waals surface area (Å²) in [6.45, 7) is 0.701. The topological polar surface area (TPSA) is 58.0 Å². The van der Waals surface area contributed by atoms with E-state index in [4.69, 9.17) is 16.7 Å². The van der Waals surface area contributed by atoms with E-state index in [2.05, 4.69) is 4.98 Å². The highest BCUT2D eigenvalue weighted by molar-refractivity contribution is 6.30. The van der Waals surface area contributed by atoms with Gasteiger partial charge < -0.3 is 10.1 Å². The number of aromatic amines is 1. The van der Waals surface area contributed by atoms with Crippen LogP contribution in [0.1, 0.15) is 5.69 Å². The lowest BCUT2D eigenvalue weighted by Crippen LogP contribution is -2.36. The van der Waals surface area contributed by atoms with E-state index >= 15 is 0 Å². The number of hydrogen-bond acceptors (Lipinski definition) is 2. The molecule has 0 saturated carbocycles. The smallest absolute Gasteiger partial charge is 0.382 e. The van der Waals surface area contributed by atoms with Crippen molar-refractivity contribution >= 4 is 11.6 Å². The first-order chi connectivity index (χ1) is 9.70. The van der Waals surface area contributed by atoms with Gasteiger partial charge in [-0.25, -0.2) is 4.79 Å². The van der Waals surface area contributed by atoms with Crippen molar-refractivity contribution in [1.29, 1.82) is 0 Å². The molecule has 0 amide bonds. The Balaban J connectivity index is 2.47. The summed E-state index contributed by atoms with van der Waals surface area (Å²) in [7, 11) is 0. The van der Waals surface area contributed by atoms with Crippen molar-refractivity contribution in [3.63, 3.8) is 0 Å². The molecule has 21 heavy (non-hydrogen) atoms. The SMILES string of the molecule is Cc1[nH]c(=O)n(CC(O)C(F)(F)F)c1-c1ccc(Cl)cc1. The molecule has 4 nitrogen and oxygen atoms in total. The van der Waals surface area contributed by atoms with E-state index in [0.29, 0.717) is 22.0 Å². The molecule has 0 aliphatic heterocycles. The number of alkyl halides is 3. The predicted molar refractivity (Wildman–Crippen MR) is 72.3 cm³/mol. The number of nitrogens with zero attached hydrogens (tertiary/aromatic N) is 1. The molecular weight excluding hydrogens is 309 g/mol. The summed E-state index contributed by atoms with van der Waals surface area (Å²) in [6, 6.07) is 6.32. The fraction of sp³-hybridized carbons (Fsp3) is 0.308. The molecule has 2 N–H and O–H groups in total. The van der Waals surface area contributed by atoms with Crippen LogP contribution in [0.15, 0.2) is 29.1 Å². The lowest BCUT2D eigenvalue weighted by Gasteiger charge is -2.16. The van der Waals surface area contributed by atoms with Crippen LogP contribution in [-0.4, -0.2) is 26.9 Å². The van der Waals surface area contributed by atoms with Crippen molar-refractivity contribution in [3.05, 3.63) is 45.5 Å². The van der Waals surface area contributed by atoms with Crippen LogP contribution in [-0.2, 0) is 6.54 Å². The molecule has 1 aromatic carbocycles. The third-order valence-corrected chi connectivity index (χ3v) is 3.27. The van der Waals surface area contributed by atoms with E-state index in [0.717, 1.165) is 4.57 Å². The molecule has 0 fully saturated rings. The third kappa shape index (κ3) is 3.30. The highest BCUT2D eigenvalue weighted by Gasteiger charge is 2.39. The minimum atomic E-state index is -4.79. The molecule has 0 aliphatic rings. The summed E-state index contributed by atoms with van der Waals surface area (Å²) in [5.41, 5.74) is 0.530. The Bertz CT molecular complexity index is 689. The van der Waals surface area contributed by atoms with Gasteiger partial charge in [-0.05, 0) is 19.1 Å². The van der Waals surface area contributed by atoms with E-state index in [1.54, 1.807) is 31.2 Å². The average Bonchev–Trinajstić information content (AvgIpc) is 2.64. The van der Waals surface area contributed by atoms with Gasteiger partial charge in [-0.3, -0.25) is 4.57 Å². The van der Waals surface area contributed by atoms with Gasteiger partial charge in [0.1, 0.15) is 0 Å². The molecule has 1 heterocycles. The predicted octanol–water partition coefficient (Wildman–Crippen LogP) is 2.73. The fourth-order valence-corrected chi connectivity index (χ4v) is 2.15. The van der Waals surface area contributed by atoms with Crippen molar-refractivity contribution in [2.24, 2.45) is 0 Å². The maximum Gasteiger partial charge on any atom is 0.416 e. The molecular formula is C13H12ClF3N2O2. The standard InChI is InChI=1S/C13H12ClF3N2O2/c1-7-11(8-2-4-9(14)5-3-8)19(12(21)18-7)6-10(20)13(15,16)17/h2-5,10,20H,6H2,1H3,(H,18,21). The second-order valence-electron chi connectivity index (χ2n) is 4.58. The highest BCUT2D eigenvalue weighted by atomic mass is 35.5. The molecule has 114 valence electrons. The number of aromatic nitrogens is 2. The molecule has 0 aliphatic carbocycles. The van der Waals surface area contributed by atoms with Gasteiger partial charge in [0, 0.05) is 16.3 Å². The van der Waals surface area contributed by atoms with Crippen molar-refractivity contribution in [2.45, 2.75) is 25.7 Å². The maximum atomic E-state index is 12.5. The zero-order valence-corrected chi connectivity index (χ0v) is 11.7. The first-order valence-corrected chi connectivity index (χ1v) is 6.38. The monoisotopic (exact) mass is 320 g/mol. The molecule has 8 heteroatoms. The van der Waals surface area contributed by atoms with Gasteiger partial charge in [-0.15, -0.1) is 0 Å². The number of H-pyrrole nitrogens is 1. The minimum Gasteiger partial charge on any atom is -0.382 e. The van der Waals surface area contributed by atoms with Gasteiger partial charge in [-0.1, -0.05) is 23.7 Å². The van der Waals surface area contributed by atoms with Crippen LogP contribution in [0.25, 0.3) is 11.3 Å². The summed E-state index contributed by atoms with van der Waals surface area (Å²) in [5, 5.41) is 9.64. The van der Waals surface area contributed by atoms with Gasteiger partial charge in [0.25, 0.3) is 0 Å². The molecule has 1 aromatic heterocycles. The lowest BCUT2D eigenvalue weighted by atomic mass is 10.1. The lowest BCUT2D eigenvalue weighted by molar-refractivity contribution is -0.207. The molecule has 2 rings (SSSR count). The molecule has 0 spiro atoms. The maximum absolute atomic E-state index is 12.5. The minimum absolute atomic E-state index is 0.292. The van der Waals surface area contributed by atoms with Crippen molar-refractivity contribution in [2.75, 3.05) is 0 Å². The Hall–Kier alpha value is -1.73. The third-order valence-electron chi connectivity index (χ3n) is 3.02. The van der Waals surface area contributed by atoms with E-state index in [-0.39, 0.29) is 0 Å². The molecule has 0 radical (unpaired) electrons. The summed E-state index contributed by atoms with van der Waals surface area (Å²) in [6.07, 6.45) is -7.40. The average molecular weight is 321 g/mol. The number of halogens is 4. The van der Waals surface area contributed by atoms with Crippen LogP contribution in [0.2, 0.25) is 5.02 Å². The number of nitrogens with one attached hydrogen (secondary N) is 1. The van der Waals surface area contributed by atoms with Gasteiger partial charge >= 0.3 is 11.9 Å². The van der Waals surface area contributed by atoms with Crippen molar-refractivity contribution in [1.82, 2.24) is 9.55 Å². The summed E-state index contributed by atoms with van der Waals surface area (Å²) in [5.74, 6) is 0. The Kier molecular flexibility index (Phi) is 4.15. The Morgan fingerprint density at radius 1 is 1.33 bits per heavy atom. The van der Waals surface area contributed by atoms with Crippen LogP contribution in [0.5, 0.6) is 0 Å². The number of imidazole rings is 1. The van der Waals surface area contributed by atoms with Crippen LogP contribution in [0.3, 0.4) is 0 Å². The second-order valence-corrected chi connectivity index (χ2v) is 5.02. The summed E-state index contributed by atoms with van der Waals surface area (Å²) < 4.78 is 38.3. The molecule has 2 aromatic rings. The zero-order valence-electron chi connectivity index (χ0n) is 10.9. The zero-order chi connectivity index (χ0) is 15.8. The van der Waals surface area contributed by atoms with Gasteiger partial charge in [0.2, 0.25) is 0 Å². The van der Waals surface area contributed by atoms with E-state index in [1.165, 1.54) is 0 Å². The second kappa shape index (κ2) is 5.57. The largest absolute Gasteiger partial charge is 0.416 e. The first-order valence-electron chi connectivity index (χ1n) is 6.00. The Morgan fingerprint density at radius 2 is 1.90 bits per heavy atom. The van der Waals surface area contributed by atoms with Crippen LogP contribution < -0.4 is 5.69 Å². The Morgan fingerprint density at radius 3 is 2.43 bits per heavy atom. The number of aliphatic hydroxyl groups excluding tert-OH is 1. The Labute approximate surface area is 122 Å². The van der Waals surface area contributed by atoms with E-state index < -0.39 is 24.5 Å². The molecule has 0 bridgehead atoms. The van der Waals surface area contributed by atoms with Gasteiger partial charge in [0.05, 0.1) is 12.2 Å². The number of hydrogen-bond donors (Lipinski definition) is 2. The normalized spacial score (nSPS) is 13.4. The quantitative estimate of drug-likeness (QED) is 0.913. The van der Waals surface area contributed by atoms with Gasteiger partial charge in [-0.2, -0.15) is 13.2 Å². The van der Waals surface area contributed by atoms with Crippen LogP contribution in [0.4, 0.5) is 13.2 Å². The number of aryl methyl sites for hydroxylation is 1. The fourth-order valence-electron chi connectivity index (χ4n) is 2.02. The number of benzene rings is 1. The van der Waals surface area contributed by atoms with E-state index in [1.807, 2.05) is 0 Å². The van der Waals surface area contributed by atoms with E-state index in [9.17, 15) is 18.0 Å². The van der Waals surface area contributed by atoms with Crippen LogP contribution in [0, 0.1) is 6.92 Å². The van der Waals surface area contributed by atoms with Gasteiger partial charge in [0.15, 0.2) is 6.10 Å². The summed E-state index contributed by atoms with van der Waals surface area (Å²) in [4.78, 5) is 14.2. The number of rotatable bonds is 3. The first kappa shape index (κ1) is 15.7. The number of aliphatic hydroxyl groups is 1. The summed E-state index contributed by atoms with van der Waals surface area (Å²) >= 11 is 5.76. The molecule has 0 saturated heterocycles. The molecule has 1 atom stereocenters. The van der Waals surface area contributed by atoms with Crippen molar-refractivity contribution in [3.8, 4) is 11.3 Å².